The molecule has 0 heterocycles. The highest BCUT2D eigenvalue weighted by molar-refractivity contribution is 14.1. The number of aryl methyl sites for hydroxylation is 1. The molecule has 0 atom stereocenters. The minimum absolute atomic E-state index is 0.409. The molecule has 0 radical (unpaired) electrons. The fourth-order valence-electron chi connectivity index (χ4n) is 1.39. The van der Waals surface area contributed by atoms with Crippen LogP contribution < -0.4 is 5.32 Å². The fourth-order valence-corrected chi connectivity index (χ4v) is 1.95. The van der Waals surface area contributed by atoms with Gasteiger partial charge in [-0.05, 0) is 73.5 Å². The zero-order valence-corrected chi connectivity index (χ0v) is 12.8. The molecule has 1 rings (SSSR count). The van der Waals surface area contributed by atoms with E-state index in [-0.39, 0.29) is 0 Å². The molecule has 0 saturated heterocycles. The molecule has 1 N–H and O–H groups in total. The largest absolute Gasteiger partial charge is 0.444 e. The summed E-state index contributed by atoms with van der Waals surface area (Å²) in [5.41, 5.74) is 1.46. The van der Waals surface area contributed by atoms with Gasteiger partial charge in [-0.15, -0.1) is 0 Å². The van der Waals surface area contributed by atoms with E-state index in [9.17, 15) is 4.79 Å². The van der Waals surface area contributed by atoms with Gasteiger partial charge in [-0.2, -0.15) is 0 Å². The Bertz CT molecular complexity index is 410. The number of benzene rings is 1. The van der Waals surface area contributed by atoms with Gasteiger partial charge in [0.05, 0.1) is 0 Å². The van der Waals surface area contributed by atoms with Crippen LogP contribution in [0.15, 0.2) is 18.2 Å². The second-order valence-electron chi connectivity index (χ2n) is 4.78. The van der Waals surface area contributed by atoms with Crippen LogP contribution in [-0.4, -0.2) is 11.7 Å². The van der Waals surface area contributed by atoms with Crippen molar-refractivity contribution in [3.63, 3.8) is 0 Å². The van der Waals surface area contributed by atoms with E-state index in [4.69, 9.17) is 4.74 Å². The van der Waals surface area contributed by atoms with Gasteiger partial charge >= 0.3 is 6.09 Å². The molecule has 0 aliphatic carbocycles. The molecule has 3 nitrogen and oxygen atoms in total. The number of carbonyl (C=O) groups excluding carboxylic acids is 1. The predicted molar refractivity (Wildman–Crippen MR) is 78.4 cm³/mol. The van der Waals surface area contributed by atoms with E-state index >= 15 is 0 Å². The van der Waals surface area contributed by atoms with Crippen molar-refractivity contribution >= 4 is 34.4 Å². The average Bonchev–Trinajstić information content (AvgIpc) is 2.17. The Morgan fingerprint density at radius 2 is 2.06 bits per heavy atom. The minimum Gasteiger partial charge on any atom is -0.444 e. The van der Waals surface area contributed by atoms with Crippen molar-refractivity contribution in [2.24, 2.45) is 0 Å². The van der Waals surface area contributed by atoms with E-state index in [0.29, 0.717) is 0 Å². The molecule has 0 spiro atoms. The summed E-state index contributed by atoms with van der Waals surface area (Å²) in [5.74, 6) is 0. The smallest absolute Gasteiger partial charge is 0.412 e. The number of hydrogen-bond acceptors (Lipinski definition) is 2. The molecule has 0 aliphatic rings. The van der Waals surface area contributed by atoms with Gasteiger partial charge in [0, 0.05) is 9.26 Å². The van der Waals surface area contributed by atoms with Crippen LogP contribution in [0.5, 0.6) is 0 Å². The van der Waals surface area contributed by atoms with Crippen LogP contribution in [0.25, 0.3) is 0 Å². The monoisotopic (exact) mass is 347 g/mol. The molecule has 0 fully saturated rings. The van der Waals surface area contributed by atoms with Crippen LogP contribution >= 0.6 is 22.6 Å². The number of anilines is 1. The lowest BCUT2D eigenvalue weighted by Gasteiger charge is -2.20. The maximum absolute atomic E-state index is 11.6. The summed E-state index contributed by atoms with van der Waals surface area (Å²) in [4.78, 5) is 11.6. The molecule has 0 aliphatic heterocycles. The minimum atomic E-state index is -0.473. The Labute approximate surface area is 116 Å². The van der Waals surface area contributed by atoms with Crippen molar-refractivity contribution < 1.29 is 9.53 Å². The quantitative estimate of drug-likeness (QED) is 0.815. The summed E-state index contributed by atoms with van der Waals surface area (Å²) in [6.45, 7) is 7.61. The first-order valence-corrected chi connectivity index (χ1v) is 6.68. The Balaban J connectivity index is 2.78. The second kappa shape index (κ2) is 5.71. The van der Waals surface area contributed by atoms with E-state index in [1.165, 1.54) is 0 Å². The summed E-state index contributed by atoms with van der Waals surface area (Å²) < 4.78 is 6.38. The molecular formula is C13H18INO2. The van der Waals surface area contributed by atoms with Crippen molar-refractivity contribution in [1.29, 1.82) is 0 Å². The topological polar surface area (TPSA) is 38.3 Å². The van der Waals surface area contributed by atoms with Crippen LogP contribution in [0.4, 0.5) is 10.5 Å². The van der Waals surface area contributed by atoms with Crippen LogP contribution in [-0.2, 0) is 11.2 Å². The molecular weight excluding hydrogens is 329 g/mol. The first-order chi connectivity index (χ1) is 7.81. The van der Waals surface area contributed by atoms with Gasteiger partial charge in [0.15, 0.2) is 0 Å². The van der Waals surface area contributed by atoms with E-state index in [1.54, 1.807) is 0 Å². The van der Waals surface area contributed by atoms with Crippen molar-refractivity contribution in [3.8, 4) is 0 Å². The summed E-state index contributed by atoms with van der Waals surface area (Å²) in [5, 5.41) is 2.78. The van der Waals surface area contributed by atoms with Gasteiger partial charge in [-0.3, -0.25) is 5.32 Å². The Morgan fingerprint density at radius 3 is 2.59 bits per heavy atom. The fraction of sp³-hybridized carbons (Fsp3) is 0.462. The summed E-state index contributed by atoms with van der Waals surface area (Å²) in [7, 11) is 0. The van der Waals surface area contributed by atoms with Crippen molar-refractivity contribution in [1.82, 2.24) is 0 Å². The normalized spacial score (nSPS) is 11.1. The average molecular weight is 347 g/mol. The van der Waals surface area contributed by atoms with Crippen LogP contribution in [0, 0.1) is 3.57 Å². The number of halogens is 1. The van der Waals surface area contributed by atoms with Crippen molar-refractivity contribution in [3.05, 3.63) is 27.3 Å². The van der Waals surface area contributed by atoms with E-state index in [1.807, 2.05) is 32.9 Å². The molecule has 4 heteroatoms. The number of hydrogen-bond donors (Lipinski definition) is 1. The van der Waals surface area contributed by atoms with Crippen LogP contribution in [0.3, 0.4) is 0 Å². The number of amides is 1. The number of nitrogens with one attached hydrogen (secondary N) is 1. The van der Waals surface area contributed by atoms with Gasteiger partial charge < -0.3 is 4.74 Å². The lowest BCUT2D eigenvalue weighted by atomic mass is 10.1. The van der Waals surface area contributed by atoms with E-state index in [0.717, 1.165) is 21.2 Å². The molecule has 0 aromatic heterocycles. The molecule has 0 unspecified atom stereocenters. The standard InChI is InChI=1S/C13H18INO2/c1-5-9-8-10(14)6-7-11(9)15-12(16)17-13(2,3)4/h6-8H,5H2,1-4H3,(H,15,16). The van der Waals surface area contributed by atoms with Gasteiger partial charge in [0.25, 0.3) is 0 Å². The highest BCUT2D eigenvalue weighted by atomic mass is 127. The third kappa shape index (κ3) is 4.93. The van der Waals surface area contributed by atoms with E-state index in [2.05, 4.69) is 40.9 Å². The summed E-state index contributed by atoms with van der Waals surface area (Å²) >= 11 is 2.26. The molecule has 1 aromatic rings. The van der Waals surface area contributed by atoms with Gasteiger partial charge in [-0.25, -0.2) is 4.79 Å². The van der Waals surface area contributed by atoms with Gasteiger partial charge in [0.2, 0.25) is 0 Å². The SMILES string of the molecule is CCc1cc(I)ccc1NC(=O)OC(C)(C)C. The van der Waals surface area contributed by atoms with Gasteiger partial charge in [0.1, 0.15) is 5.60 Å². The van der Waals surface area contributed by atoms with Crippen LogP contribution in [0.1, 0.15) is 33.3 Å². The van der Waals surface area contributed by atoms with Crippen LogP contribution in [0.2, 0.25) is 0 Å². The number of ether oxygens (including phenoxy) is 1. The lowest BCUT2D eigenvalue weighted by Crippen LogP contribution is -2.27. The zero-order valence-electron chi connectivity index (χ0n) is 10.6. The van der Waals surface area contributed by atoms with E-state index < -0.39 is 11.7 Å². The molecule has 1 aromatic carbocycles. The first kappa shape index (κ1) is 14.3. The Kier molecular flexibility index (Phi) is 4.80. The number of carbonyl (C=O) groups is 1. The maximum atomic E-state index is 11.6. The molecule has 1 amide bonds. The third-order valence-electron chi connectivity index (χ3n) is 2.08. The number of rotatable bonds is 2. The predicted octanol–water partition coefficient (Wildman–Crippen LogP) is 4.20. The lowest BCUT2D eigenvalue weighted by molar-refractivity contribution is 0.0636. The Hall–Kier alpha value is -0.780. The highest BCUT2D eigenvalue weighted by Crippen LogP contribution is 2.20. The summed E-state index contributed by atoms with van der Waals surface area (Å²) in [6, 6.07) is 5.93. The van der Waals surface area contributed by atoms with Gasteiger partial charge in [-0.1, -0.05) is 6.92 Å². The molecule has 0 saturated carbocycles. The second-order valence-corrected chi connectivity index (χ2v) is 6.03. The van der Waals surface area contributed by atoms with Crippen molar-refractivity contribution in [2.75, 3.05) is 5.32 Å². The molecule has 94 valence electrons. The van der Waals surface area contributed by atoms with Crippen molar-refractivity contribution in [2.45, 2.75) is 39.7 Å². The molecule has 0 bridgehead atoms. The highest BCUT2D eigenvalue weighted by Gasteiger charge is 2.16. The first-order valence-electron chi connectivity index (χ1n) is 5.60. The maximum Gasteiger partial charge on any atom is 0.412 e. The zero-order chi connectivity index (χ0) is 13.1. The summed E-state index contributed by atoms with van der Waals surface area (Å²) in [6.07, 6.45) is 0.468. The third-order valence-corrected chi connectivity index (χ3v) is 2.75. The molecule has 17 heavy (non-hydrogen) atoms. The Morgan fingerprint density at radius 1 is 1.41 bits per heavy atom.